The van der Waals surface area contributed by atoms with Crippen LogP contribution in [-0.4, -0.2) is 31.7 Å². The zero-order chi connectivity index (χ0) is 24.1. The minimum Gasteiger partial charge on any atom is -0.267 e. The summed E-state index contributed by atoms with van der Waals surface area (Å²) in [5, 5.41) is 30.5. The number of carbonyl (C=O) groups excluding carboxylic acids is 1. The summed E-state index contributed by atoms with van der Waals surface area (Å²) in [6.45, 7) is 0. The summed E-state index contributed by atoms with van der Waals surface area (Å²) >= 11 is 0. The van der Waals surface area contributed by atoms with Gasteiger partial charge in [-0.15, -0.1) is 0 Å². The third-order valence-corrected chi connectivity index (χ3v) is 4.80. The number of non-ortho nitro benzene ring substituents is 2. The Labute approximate surface area is 192 Å². The maximum atomic E-state index is 12.3. The molecule has 4 rings (SSSR count). The molecule has 0 atom stereocenters. The van der Waals surface area contributed by atoms with Gasteiger partial charge in [-0.2, -0.15) is 10.2 Å². The molecule has 4 aromatic rings. The van der Waals surface area contributed by atoms with Gasteiger partial charge in [0.05, 0.1) is 21.7 Å². The van der Waals surface area contributed by atoms with Crippen molar-refractivity contribution in [2.24, 2.45) is 5.10 Å². The Bertz CT molecular complexity index is 1400. The SMILES string of the molecule is O=C(NN=Cc1cn(-c2ccccc2)nc1-c1cccc([N+](=O)[O-])c1)c1ccc([N+](=O)[O-])cc1. The largest absolute Gasteiger partial charge is 0.271 e. The molecule has 34 heavy (non-hydrogen) atoms. The maximum Gasteiger partial charge on any atom is 0.271 e. The fourth-order valence-corrected chi connectivity index (χ4v) is 3.15. The third kappa shape index (κ3) is 4.83. The minimum atomic E-state index is -0.557. The van der Waals surface area contributed by atoms with Crippen LogP contribution >= 0.6 is 0 Å². The van der Waals surface area contributed by atoms with Crippen LogP contribution in [0, 0.1) is 20.2 Å². The molecule has 0 radical (unpaired) electrons. The molecular weight excluding hydrogens is 440 g/mol. The van der Waals surface area contributed by atoms with Crippen LogP contribution in [0.2, 0.25) is 0 Å². The first-order valence-corrected chi connectivity index (χ1v) is 9.90. The number of hydrazone groups is 1. The molecule has 0 bridgehead atoms. The molecule has 1 aromatic heterocycles. The van der Waals surface area contributed by atoms with Crippen LogP contribution in [0.4, 0.5) is 11.4 Å². The first-order chi connectivity index (χ1) is 16.4. The van der Waals surface area contributed by atoms with E-state index in [1.54, 1.807) is 23.0 Å². The van der Waals surface area contributed by atoms with Crippen molar-refractivity contribution in [3.8, 4) is 16.9 Å². The van der Waals surface area contributed by atoms with Gasteiger partial charge < -0.3 is 0 Å². The number of nitrogens with one attached hydrogen (secondary N) is 1. The Morgan fingerprint density at radius 1 is 0.912 bits per heavy atom. The van der Waals surface area contributed by atoms with Gasteiger partial charge in [0.15, 0.2) is 0 Å². The topological polar surface area (TPSA) is 146 Å². The van der Waals surface area contributed by atoms with Crippen LogP contribution in [0.25, 0.3) is 16.9 Å². The van der Waals surface area contributed by atoms with Gasteiger partial charge in [0.25, 0.3) is 17.3 Å². The number of amides is 1. The molecule has 0 unspecified atom stereocenters. The van der Waals surface area contributed by atoms with Crippen molar-refractivity contribution in [2.45, 2.75) is 0 Å². The molecule has 0 spiro atoms. The highest BCUT2D eigenvalue weighted by Crippen LogP contribution is 2.26. The first-order valence-electron chi connectivity index (χ1n) is 9.90. The molecule has 0 aliphatic heterocycles. The lowest BCUT2D eigenvalue weighted by Gasteiger charge is -2.01. The number of aromatic nitrogens is 2. The van der Waals surface area contributed by atoms with E-state index >= 15 is 0 Å². The predicted molar refractivity (Wildman–Crippen MR) is 124 cm³/mol. The molecule has 11 nitrogen and oxygen atoms in total. The lowest BCUT2D eigenvalue weighted by molar-refractivity contribution is -0.385. The van der Waals surface area contributed by atoms with Crippen molar-refractivity contribution < 1.29 is 14.6 Å². The van der Waals surface area contributed by atoms with Gasteiger partial charge in [0.1, 0.15) is 5.69 Å². The molecule has 3 aromatic carbocycles. The van der Waals surface area contributed by atoms with E-state index in [1.165, 1.54) is 42.6 Å². The van der Waals surface area contributed by atoms with Crippen LogP contribution in [0.3, 0.4) is 0 Å². The minimum absolute atomic E-state index is 0.0823. The molecule has 1 amide bonds. The van der Waals surface area contributed by atoms with E-state index in [9.17, 15) is 25.0 Å². The second kappa shape index (κ2) is 9.53. The van der Waals surface area contributed by atoms with Crippen molar-refractivity contribution in [3.63, 3.8) is 0 Å². The molecule has 0 aliphatic carbocycles. The summed E-state index contributed by atoms with van der Waals surface area (Å²) in [6.07, 6.45) is 3.06. The van der Waals surface area contributed by atoms with Crippen LogP contribution in [-0.2, 0) is 0 Å². The second-order valence-corrected chi connectivity index (χ2v) is 7.02. The average Bonchev–Trinajstić information content (AvgIpc) is 3.29. The Hall–Kier alpha value is -5.19. The molecule has 1 N–H and O–H groups in total. The normalized spacial score (nSPS) is 10.8. The highest BCUT2D eigenvalue weighted by molar-refractivity contribution is 5.96. The van der Waals surface area contributed by atoms with Crippen LogP contribution in [0.15, 0.2) is 90.2 Å². The van der Waals surface area contributed by atoms with Gasteiger partial charge in [0.2, 0.25) is 0 Å². The molecule has 0 fully saturated rings. The van der Waals surface area contributed by atoms with Gasteiger partial charge in [-0.1, -0.05) is 30.3 Å². The molecule has 0 saturated heterocycles. The summed E-state index contributed by atoms with van der Waals surface area (Å²) in [6, 6.07) is 20.4. The van der Waals surface area contributed by atoms with E-state index in [2.05, 4.69) is 15.6 Å². The van der Waals surface area contributed by atoms with Crippen molar-refractivity contribution in [2.75, 3.05) is 0 Å². The van der Waals surface area contributed by atoms with Gasteiger partial charge in [-0.25, -0.2) is 10.1 Å². The third-order valence-electron chi connectivity index (χ3n) is 4.80. The van der Waals surface area contributed by atoms with Crippen molar-refractivity contribution in [3.05, 3.63) is 116 Å². The van der Waals surface area contributed by atoms with E-state index in [0.717, 1.165) is 5.69 Å². The van der Waals surface area contributed by atoms with E-state index in [0.29, 0.717) is 16.8 Å². The van der Waals surface area contributed by atoms with Crippen molar-refractivity contribution >= 4 is 23.5 Å². The number of nitro benzene ring substituents is 2. The number of nitrogens with zero attached hydrogens (tertiary/aromatic N) is 5. The van der Waals surface area contributed by atoms with Crippen molar-refractivity contribution in [1.29, 1.82) is 0 Å². The zero-order valence-electron chi connectivity index (χ0n) is 17.4. The molecule has 0 saturated carbocycles. The summed E-state index contributed by atoms with van der Waals surface area (Å²) in [5.74, 6) is -0.557. The van der Waals surface area contributed by atoms with Crippen LogP contribution < -0.4 is 5.43 Å². The van der Waals surface area contributed by atoms with Gasteiger partial charge in [-0.3, -0.25) is 25.0 Å². The zero-order valence-corrected chi connectivity index (χ0v) is 17.4. The first kappa shape index (κ1) is 22.0. The average molecular weight is 456 g/mol. The summed E-state index contributed by atoms with van der Waals surface area (Å²) < 4.78 is 1.60. The number of benzene rings is 3. The number of carbonyl (C=O) groups is 1. The fourth-order valence-electron chi connectivity index (χ4n) is 3.15. The van der Waals surface area contributed by atoms with E-state index in [4.69, 9.17) is 0 Å². The summed E-state index contributed by atoms with van der Waals surface area (Å²) in [4.78, 5) is 33.2. The monoisotopic (exact) mass is 456 g/mol. The summed E-state index contributed by atoms with van der Waals surface area (Å²) in [5.41, 5.74) is 4.57. The quantitative estimate of drug-likeness (QED) is 0.251. The van der Waals surface area contributed by atoms with Crippen molar-refractivity contribution in [1.82, 2.24) is 15.2 Å². The molecule has 1 heterocycles. The molecule has 168 valence electrons. The Balaban J connectivity index is 1.63. The second-order valence-electron chi connectivity index (χ2n) is 7.02. The number of hydrogen-bond acceptors (Lipinski definition) is 7. The van der Waals surface area contributed by atoms with Gasteiger partial charge in [-0.05, 0) is 24.3 Å². The van der Waals surface area contributed by atoms with E-state index in [-0.39, 0.29) is 16.9 Å². The standard InChI is InChI=1S/C23H16N6O5/c30-23(16-9-11-20(12-10-16)28(31)32)25-24-14-18-15-27(19-6-2-1-3-7-19)26-22(18)17-5-4-8-21(13-17)29(33)34/h1-15H,(H,25,30). The Kier molecular flexibility index (Phi) is 6.17. The lowest BCUT2D eigenvalue weighted by Crippen LogP contribution is -2.17. The van der Waals surface area contributed by atoms with Gasteiger partial charge >= 0.3 is 0 Å². The number of para-hydroxylation sites is 1. The number of rotatable bonds is 7. The molecule has 0 aliphatic rings. The van der Waals surface area contributed by atoms with Crippen LogP contribution in [0.1, 0.15) is 15.9 Å². The summed E-state index contributed by atoms with van der Waals surface area (Å²) in [7, 11) is 0. The highest BCUT2D eigenvalue weighted by atomic mass is 16.6. The Morgan fingerprint density at radius 3 is 2.29 bits per heavy atom. The highest BCUT2D eigenvalue weighted by Gasteiger charge is 2.15. The molecule has 11 heteroatoms. The van der Waals surface area contributed by atoms with Crippen LogP contribution in [0.5, 0.6) is 0 Å². The molecular formula is C23H16N6O5. The number of nitro groups is 2. The van der Waals surface area contributed by atoms with Gasteiger partial charge in [0, 0.05) is 47.2 Å². The fraction of sp³-hybridized carbons (Fsp3) is 0. The lowest BCUT2D eigenvalue weighted by atomic mass is 10.1. The van der Waals surface area contributed by atoms with E-state index in [1.807, 2.05) is 30.3 Å². The number of hydrogen-bond donors (Lipinski definition) is 1. The van der Waals surface area contributed by atoms with E-state index < -0.39 is 15.8 Å². The predicted octanol–water partition coefficient (Wildman–Crippen LogP) is 4.12. The maximum absolute atomic E-state index is 12.3. The smallest absolute Gasteiger partial charge is 0.267 e. The Morgan fingerprint density at radius 2 is 1.62 bits per heavy atom.